The van der Waals surface area contributed by atoms with Gasteiger partial charge in [0.2, 0.25) is 0 Å². The zero-order valence-electron chi connectivity index (χ0n) is 7.77. The van der Waals surface area contributed by atoms with Gasteiger partial charge >= 0.3 is 5.97 Å². The Labute approximate surface area is 74.3 Å². The normalized spacial score (nSPS) is 9.92. The predicted molar refractivity (Wildman–Crippen MR) is 52.5 cm³/mol. The van der Waals surface area contributed by atoms with Crippen LogP contribution in [0.2, 0.25) is 19.6 Å². The lowest BCUT2D eigenvalue weighted by Crippen LogP contribution is -2.16. The maximum Gasteiger partial charge on any atom is 0.308 e. The first kappa shape index (κ1) is 11.0. The van der Waals surface area contributed by atoms with Crippen molar-refractivity contribution in [3.05, 3.63) is 12.2 Å². The molecule has 0 radical (unpaired) electrons. The van der Waals surface area contributed by atoms with Crippen LogP contribution in [0.4, 0.5) is 0 Å². The number of hydrogen-bond donors (Lipinski definition) is 1. The van der Waals surface area contributed by atoms with Crippen LogP contribution in [0, 0.1) is 11.5 Å². The van der Waals surface area contributed by atoms with Crippen LogP contribution in [-0.2, 0) is 4.79 Å². The molecule has 0 aromatic rings. The van der Waals surface area contributed by atoms with Gasteiger partial charge in [-0.2, -0.15) is 0 Å². The number of rotatable bonds is 2. The quantitative estimate of drug-likeness (QED) is 0.523. The van der Waals surface area contributed by atoms with E-state index in [-0.39, 0.29) is 6.42 Å². The molecule has 0 saturated carbocycles. The molecule has 66 valence electrons. The minimum Gasteiger partial charge on any atom is -0.481 e. The second-order valence-electron chi connectivity index (χ2n) is 3.67. The fourth-order valence-corrected chi connectivity index (χ4v) is 1.05. The van der Waals surface area contributed by atoms with Crippen LogP contribution >= 0.6 is 0 Å². The summed E-state index contributed by atoms with van der Waals surface area (Å²) in [7, 11) is -1.39. The van der Waals surface area contributed by atoms with Gasteiger partial charge in [-0.1, -0.05) is 32.1 Å². The number of carboxylic acids is 1. The van der Waals surface area contributed by atoms with Gasteiger partial charge in [-0.05, 0) is 0 Å². The highest BCUT2D eigenvalue weighted by Gasteiger charge is 2.07. The van der Waals surface area contributed by atoms with Gasteiger partial charge in [0.25, 0.3) is 0 Å². The Morgan fingerprint density at radius 1 is 1.50 bits per heavy atom. The van der Waals surface area contributed by atoms with Gasteiger partial charge in [-0.25, -0.2) is 0 Å². The van der Waals surface area contributed by atoms with Crippen molar-refractivity contribution in [3.63, 3.8) is 0 Å². The molecular formula is C9H14O2Si. The van der Waals surface area contributed by atoms with Crippen LogP contribution in [0.3, 0.4) is 0 Å². The molecule has 0 fully saturated rings. The van der Waals surface area contributed by atoms with Gasteiger partial charge in [0.1, 0.15) is 8.07 Å². The summed E-state index contributed by atoms with van der Waals surface area (Å²) in [6, 6.07) is 0. The smallest absolute Gasteiger partial charge is 0.308 e. The van der Waals surface area contributed by atoms with E-state index in [9.17, 15) is 4.79 Å². The molecule has 0 aliphatic carbocycles. The van der Waals surface area contributed by atoms with Crippen molar-refractivity contribution in [1.29, 1.82) is 0 Å². The summed E-state index contributed by atoms with van der Waals surface area (Å²) in [6.45, 7) is 9.88. The molecule has 1 N–H and O–H groups in total. The number of carboxylic acid groups (broad SMARTS) is 1. The van der Waals surface area contributed by atoms with Gasteiger partial charge < -0.3 is 5.11 Å². The minimum atomic E-state index is -1.39. The second kappa shape index (κ2) is 4.12. The molecule has 0 aromatic carbocycles. The summed E-state index contributed by atoms with van der Waals surface area (Å²) in [5, 5.41) is 8.40. The monoisotopic (exact) mass is 182 g/mol. The number of carbonyl (C=O) groups is 1. The van der Waals surface area contributed by atoms with Crippen LogP contribution in [0.5, 0.6) is 0 Å². The van der Waals surface area contributed by atoms with Gasteiger partial charge in [-0.15, -0.1) is 5.54 Å². The molecule has 0 spiro atoms. The lowest BCUT2D eigenvalue weighted by atomic mass is 10.2. The molecule has 0 aliphatic heterocycles. The van der Waals surface area contributed by atoms with E-state index in [1.807, 2.05) is 0 Å². The Hall–Kier alpha value is -1.01. The van der Waals surface area contributed by atoms with Crippen LogP contribution in [0.1, 0.15) is 6.42 Å². The molecule has 3 heteroatoms. The fourth-order valence-electron chi connectivity index (χ4n) is 0.503. The molecular weight excluding hydrogens is 168 g/mol. The molecule has 0 aliphatic rings. The van der Waals surface area contributed by atoms with Crippen molar-refractivity contribution in [2.75, 3.05) is 0 Å². The highest BCUT2D eigenvalue weighted by molar-refractivity contribution is 6.83. The maximum atomic E-state index is 10.2. The molecule has 0 saturated heterocycles. The average molecular weight is 182 g/mol. The van der Waals surface area contributed by atoms with Crippen molar-refractivity contribution >= 4 is 14.0 Å². The molecule has 0 bridgehead atoms. The summed E-state index contributed by atoms with van der Waals surface area (Å²) in [5.74, 6) is 1.92. The van der Waals surface area contributed by atoms with Crippen LogP contribution < -0.4 is 0 Å². The third-order valence-corrected chi connectivity index (χ3v) is 1.85. The molecule has 0 amide bonds. The van der Waals surface area contributed by atoms with Gasteiger partial charge in [-0.3, -0.25) is 4.79 Å². The topological polar surface area (TPSA) is 37.3 Å². The Balaban J connectivity index is 4.15. The van der Waals surface area contributed by atoms with E-state index in [0.29, 0.717) is 5.57 Å². The van der Waals surface area contributed by atoms with Gasteiger partial charge in [0.15, 0.2) is 0 Å². The van der Waals surface area contributed by atoms with Crippen LogP contribution in [0.15, 0.2) is 12.2 Å². The largest absolute Gasteiger partial charge is 0.481 e. The van der Waals surface area contributed by atoms with E-state index >= 15 is 0 Å². The van der Waals surface area contributed by atoms with Crippen LogP contribution in [-0.4, -0.2) is 19.1 Å². The Morgan fingerprint density at radius 2 is 2.00 bits per heavy atom. The molecule has 0 rings (SSSR count). The van der Waals surface area contributed by atoms with Crippen molar-refractivity contribution < 1.29 is 9.90 Å². The molecule has 0 aromatic heterocycles. The van der Waals surface area contributed by atoms with Crippen molar-refractivity contribution in [1.82, 2.24) is 0 Å². The fraction of sp³-hybridized carbons (Fsp3) is 0.444. The summed E-state index contributed by atoms with van der Waals surface area (Å²) in [5.41, 5.74) is 3.54. The third kappa shape index (κ3) is 7.10. The highest BCUT2D eigenvalue weighted by atomic mass is 28.3. The van der Waals surface area contributed by atoms with E-state index in [1.165, 1.54) is 0 Å². The third-order valence-electron chi connectivity index (χ3n) is 0.979. The van der Waals surface area contributed by atoms with E-state index in [0.717, 1.165) is 0 Å². The standard InChI is InChI=1S/C9H14O2Si/c1-8(7-9(10)11)5-6-12(2,3)4/h1,7H2,2-4H3,(H,10,11). The first-order chi connectivity index (χ1) is 5.31. The van der Waals surface area contributed by atoms with Crippen molar-refractivity contribution in [2.24, 2.45) is 0 Å². The Morgan fingerprint density at radius 3 is 2.33 bits per heavy atom. The number of aliphatic carboxylic acids is 1. The van der Waals surface area contributed by atoms with E-state index in [4.69, 9.17) is 5.11 Å². The Bertz CT molecular complexity index is 250. The SMILES string of the molecule is C=C(C#C[Si](C)(C)C)CC(=O)O. The summed E-state index contributed by atoms with van der Waals surface area (Å²) < 4.78 is 0. The maximum absolute atomic E-state index is 10.2. The zero-order valence-corrected chi connectivity index (χ0v) is 8.77. The lowest BCUT2D eigenvalue weighted by Gasteiger charge is -2.03. The zero-order chi connectivity index (χ0) is 9.78. The second-order valence-corrected chi connectivity index (χ2v) is 8.42. The molecule has 2 nitrogen and oxygen atoms in total. The highest BCUT2D eigenvalue weighted by Crippen LogP contribution is 2.00. The van der Waals surface area contributed by atoms with Crippen molar-refractivity contribution in [2.45, 2.75) is 26.1 Å². The molecule has 12 heavy (non-hydrogen) atoms. The Kier molecular flexibility index (Phi) is 3.77. The number of hydrogen-bond acceptors (Lipinski definition) is 1. The van der Waals surface area contributed by atoms with Gasteiger partial charge in [0.05, 0.1) is 6.42 Å². The van der Waals surface area contributed by atoms with E-state index in [2.05, 4.69) is 37.7 Å². The van der Waals surface area contributed by atoms with E-state index in [1.54, 1.807) is 0 Å². The predicted octanol–water partition coefficient (Wildman–Crippen LogP) is 1.90. The summed E-state index contributed by atoms with van der Waals surface area (Å²) in [4.78, 5) is 10.2. The lowest BCUT2D eigenvalue weighted by molar-refractivity contribution is -0.136. The summed E-state index contributed by atoms with van der Waals surface area (Å²) >= 11 is 0. The average Bonchev–Trinajstić information content (AvgIpc) is 1.80. The molecule has 0 unspecified atom stereocenters. The van der Waals surface area contributed by atoms with Gasteiger partial charge in [0, 0.05) is 5.57 Å². The molecule has 0 heterocycles. The van der Waals surface area contributed by atoms with Crippen molar-refractivity contribution in [3.8, 4) is 11.5 Å². The summed E-state index contributed by atoms with van der Waals surface area (Å²) in [6.07, 6.45) is -0.0442. The first-order valence-electron chi connectivity index (χ1n) is 3.74. The van der Waals surface area contributed by atoms with E-state index < -0.39 is 14.0 Å². The minimum absolute atomic E-state index is 0.0442. The molecule has 0 atom stereocenters. The first-order valence-corrected chi connectivity index (χ1v) is 7.24. The van der Waals surface area contributed by atoms with Crippen LogP contribution in [0.25, 0.3) is 0 Å².